The topological polar surface area (TPSA) is 37.4 Å². The number of hydrogen-bond acceptors (Lipinski definition) is 2. The van der Waals surface area contributed by atoms with E-state index in [0.717, 1.165) is 30.5 Å². The molecule has 1 aromatic rings. The largest absolute Gasteiger partial charge is 0.304 e. The second-order valence-corrected chi connectivity index (χ2v) is 7.82. The first-order valence-corrected chi connectivity index (χ1v) is 8.00. The first-order valence-electron chi connectivity index (χ1n) is 7.24. The molecule has 3 nitrogen and oxygen atoms in total. The van der Waals surface area contributed by atoms with Gasteiger partial charge in [-0.3, -0.25) is 9.59 Å². The molecule has 5 heteroatoms. The van der Waals surface area contributed by atoms with Crippen molar-refractivity contribution in [2.75, 3.05) is 4.90 Å². The van der Waals surface area contributed by atoms with Gasteiger partial charge in [-0.1, -0.05) is 54.7 Å². The number of benzene rings is 1. The number of para-hydroxylation sites is 1. The number of piperidine rings is 1. The summed E-state index contributed by atoms with van der Waals surface area (Å²) in [5, 5.41) is 0. The van der Waals surface area contributed by atoms with Crippen molar-refractivity contribution >= 4 is 40.6 Å². The summed E-state index contributed by atoms with van der Waals surface area (Å²) in [6.07, 6.45) is 2.67. The van der Waals surface area contributed by atoms with E-state index in [0.29, 0.717) is 0 Å². The quantitative estimate of drug-likeness (QED) is 0.543. The van der Waals surface area contributed by atoms with Crippen molar-refractivity contribution in [3.63, 3.8) is 0 Å². The molecule has 3 aliphatic rings. The highest BCUT2D eigenvalue weighted by Crippen LogP contribution is 2.57. The lowest BCUT2D eigenvalue weighted by Gasteiger charge is -2.49. The Hall–Kier alpha value is -1.06. The molecule has 1 saturated carbocycles. The fourth-order valence-electron chi connectivity index (χ4n) is 4.51. The smallest absolute Gasteiger partial charge is 0.271 e. The SMILES string of the molecule is C[C@@]12CCC[C@@H]3C(=O)C(Cl)(Cl)C(=O)N(c4ccccc41)[C@@H]32. The predicted octanol–water partition coefficient (Wildman–Crippen LogP) is 3.22. The minimum atomic E-state index is -1.95. The standard InChI is InChI=1S/C16H15Cl2NO2/c1-15-8-4-5-9-12(15)19(11-7-3-2-6-10(11)15)14(21)16(17,18)13(9)20/h2-3,6-7,9,12H,4-5,8H2,1H3/t9-,12-,15+/m0/s1. The number of rotatable bonds is 0. The number of carbonyl (C=O) groups excluding carboxylic acids is 2. The zero-order valence-corrected chi connectivity index (χ0v) is 13.1. The van der Waals surface area contributed by atoms with Crippen molar-refractivity contribution in [2.45, 2.75) is 42.0 Å². The highest BCUT2D eigenvalue weighted by Gasteiger charge is 2.65. The molecule has 0 unspecified atom stereocenters. The number of nitrogens with zero attached hydrogens (tertiary/aromatic N) is 1. The van der Waals surface area contributed by atoms with Crippen LogP contribution in [0.25, 0.3) is 0 Å². The van der Waals surface area contributed by atoms with E-state index in [1.54, 1.807) is 4.90 Å². The molecule has 0 spiro atoms. The van der Waals surface area contributed by atoms with Crippen LogP contribution in [-0.2, 0) is 15.0 Å². The molecule has 110 valence electrons. The van der Waals surface area contributed by atoms with Gasteiger partial charge < -0.3 is 4.90 Å². The van der Waals surface area contributed by atoms with E-state index in [-0.39, 0.29) is 23.2 Å². The first-order chi connectivity index (χ1) is 9.89. The highest BCUT2D eigenvalue weighted by molar-refractivity contribution is 6.69. The average Bonchev–Trinajstić information content (AvgIpc) is 2.73. The lowest BCUT2D eigenvalue weighted by molar-refractivity contribution is -0.136. The molecule has 1 amide bonds. The molecular formula is C16H15Cl2NO2. The summed E-state index contributed by atoms with van der Waals surface area (Å²) < 4.78 is -1.95. The van der Waals surface area contributed by atoms with Crippen molar-refractivity contribution in [1.82, 2.24) is 0 Å². The number of hydrogen-bond donors (Lipinski definition) is 0. The van der Waals surface area contributed by atoms with Crippen LogP contribution >= 0.6 is 23.2 Å². The van der Waals surface area contributed by atoms with Gasteiger partial charge in [-0.05, 0) is 24.5 Å². The second-order valence-electron chi connectivity index (χ2n) is 6.49. The molecule has 2 fully saturated rings. The maximum absolute atomic E-state index is 12.7. The van der Waals surface area contributed by atoms with Gasteiger partial charge in [-0.2, -0.15) is 0 Å². The molecule has 3 atom stereocenters. The van der Waals surface area contributed by atoms with Gasteiger partial charge in [0, 0.05) is 17.0 Å². The molecule has 0 radical (unpaired) electrons. The number of ketones is 1. The van der Waals surface area contributed by atoms with Crippen molar-refractivity contribution in [3.8, 4) is 0 Å². The third-order valence-electron chi connectivity index (χ3n) is 5.44. The molecule has 4 rings (SSSR count). The van der Waals surface area contributed by atoms with E-state index < -0.39 is 10.2 Å². The molecule has 0 bridgehead atoms. The Bertz CT molecular complexity index is 672. The Morgan fingerprint density at radius 2 is 1.95 bits per heavy atom. The van der Waals surface area contributed by atoms with E-state index in [1.165, 1.54) is 0 Å². The van der Waals surface area contributed by atoms with Crippen molar-refractivity contribution < 1.29 is 9.59 Å². The van der Waals surface area contributed by atoms with Gasteiger partial charge in [-0.25, -0.2) is 0 Å². The van der Waals surface area contributed by atoms with E-state index >= 15 is 0 Å². The van der Waals surface area contributed by atoms with Gasteiger partial charge >= 0.3 is 0 Å². The van der Waals surface area contributed by atoms with Crippen LogP contribution in [0.5, 0.6) is 0 Å². The molecule has 21 heavy (non-hydrogen) atoms. The van der Waals surface area contributed by atoms with Crippen molar-refractivity contribution in [3.05, 3.63) is 29.8 Å². The van der Waals surface area contributed by atoms with Gasteiger partial charge in [0.15, 0.2) is 5.78 Å². The van der Waals surface area contributed by atoms with E-state index in [2.05, 4.69) is 13.0 Å². The maximum Gasteiger partial charge on any atom is 0.271 e. The van der Waals surface area contributed by atoms with Gasteiger partial charge in [0.05, 0.1) is 6.04 Å². The molecule has 0 N–H and O–H groups in total. The molecule has 0 aromatic heterocycles. The minimum absolute atomic E-state index is 0.144. The predicted molar refractivity (Wildman–Crippen MR) is 81.9 cm³/mol. The lowest BCUT2D eigenvalue weighted by atomic mass is 9.63. The maximum atomic E-state index is 12.7. The van der Waals surface area contributed by atoms with E-state index in [9.17, 15) is 9.59 Å². The zero-order valence-electron chi connectivity index (χ0n) is 11.6. The summed E-state index contributed by atoms with van der Waals surface area (Å²) in [5.74, 6) is -1.09. The normalized spacial score (nSPS) is 36.4. The molecule has 2 heterocycles. The third-order valence-corrected chi connectivity index (χ3v) is 6.13. The number of Topliss-reactive ketones (excluding diaryl/α,β-unsaturated/α-hetero) is 1. The Morgan fingerprint density at radius 1 is 1.24 bits per heavy atom. The van der Waals surface area contributed by atoms with E-state index in [1.807, 2.05) is 18.2 Å². The summed E-state index contributed by atoms with van der Waals surface area (Å²) in [6, 6.07) is 7.72. The summed E-state index contributed by atoms with van der Waals surface area (Å²) in [6.45, 7) is 2.15. The monoisotopic (exact) mass is 323 g/mol. The highest BCUT2D eigenvalue weighted by atomic mass is 35.5. The van der Waals surface area contributed by atoms with Crippen LogP contribution < -0.4 is 4.90 Å². The Balaban J connectivity index is 1.99. The van der Waals surface area contributed by atoms with Gasteiger partial charge in [0.25, 0.3) is 10.2 Å². The Labute approximate surface area is 133 Å². The number of anilines is 1. The summed E-state index contributed by atoms with van der Waals surface area (Å²) in [7, 11) is 0. The van der Waals surface area contributed by atoms with Crippen LogP contribution in [-0.4, -0.2) is 22.1 Å². The number of carbonyl (C=O) groups is 2. The van der Waals surface area contributed by atoms with Crippen LogP contribution in [0.15, 0.2) is 24.3 Å². The third kappa shape index (κ3) is 1.46. The van der Waals surface area contributed by atoms with E-state index in [4.69, 9.17) is 23.2 Å². The summed E-state index contributed by atoms with van der Waals surface area (Å²) in [5.41, 5.74) is 1.81. The van der Waals surface area contributed by atoms with Crippen LogP contribution in [0.4, 0.5) is 5.69 Å². The summed E-state index contributed by atoms with van der Waals surface area (Å²) >= 11 is 12.2. The van der Waals surface area contributed by atoms with Crippen LogP contribution in [0.2, 0.25) is 0 Å². The minimum Gasteiger partial charge on any atom is -0.304 e. The lowest BCUT2D eigenvalue weighted by Crippen LogP contribution is -2.66. The molecular weight excluding hydrogens is 309 g/mol. The fourth-order valence-corrected chi connectivity index (χ4v) is 4.98. The van der Waals surface area contributed by atoms with Crippen molar-refractivity contribution in [2.24, 2.45) is 5.92 Å². The van der Waals surface area contributed by atoms with Crippen LogP contribution in [0.1, 0.15) is 31.7 Å². The van der Waals surface area contributed by atoms with Gasteiger partial charge in [-0.15, -0.1) is 0 Å². The van der Waals surface area contributed by atoms with Gasteiger partial charge in [0.2, 0.25) is 0 Å². The Kier molecular flexibility index (Phi) is 2.60. The molecule has 1 saturated heterocycles. The van der Waals surface area contributed by atoms with Gasteiger partial charge in [0.1, 0.15) is 0 Å². The van der Waals surface area contributed by atoms with Crippen LogP contribution in [0, 0.1) is 5.92 Å². The number of fused-ring (bicyclic) bond motifs is 3. The molecule has 1 aliphatic carbocycles. The first kappa shape index (κ1) is 13.6. The average molecular weight is 324 g/mol. The number of amides is 1. The Morgan fingerprint density at radius 3 is 2.71 bits per heavy atom. The van der Waals surface area contributed by atoms with Crippen LogP contribution in [0.3, 0.4) is 0 Å². The fraction of sp³-hybridized carbons (Fsp3) is 0.500. The van der Waals surface area contributed by atoms with Crippen molar-refractivity contribution in [1.29, 1.82) is 0 Å². The summed E-state index contributed by atoms with van der Waals surface area (Å²) in [4.78, 5) is 27.0. The second kappa shape index (κ2) is 4.02. The number of alkyl halides is 2. The molecule has 2 aliphatic heterocycles. The number of halogens is 2. The molecule has 1 aromatic carbocycles. The zero-order chi connectivity index (χ0) is 15.0.